The average molecular weight is 395 g/mol. The summed E-state index contributed by atoms with van der Waals surface area (Å²) in [5.41, 5.74) is 3.29. The highest BCUT2D eigenvalue weighted by molar-refractivity contribution is 5.94. The van der Waals surface area contributed by atoms with Crippen molar-refractivity contribution in [2.24, 2.45) is 5.92 Å². The van der Waals surface area contributed by atoms with Crippen molar-refractivity contribution in [2.75, 3.05) is 26.2 Å². The molecule has 1 fully saturated rings. The van der Waals surface area contributed by atoms with Crippen LogP contribution in [0.15, 0.2) is 48.5 Å². The highest BCUT2D eigenvalue weighted by atomic mass is 16.5. The molecule has 0 aromatic heterocycles. The maximum Gasteiger partial charge on any atom is 0.251 e. The van der Waals surface area contributed by atoms with E-state index in [1.807, 2.05) is 24.3 Å². The maximum absolute atomic E-state index is 12.3. The van der Waals surface area contributed by atoms with E-state index in [1.54, 1.807) is 0 Å². The van der Waals surface area contributed by atoms with E-state index in [4.69, 9.17) is 4.74 Å². The predicted octanol–water partition coefficient (Wildman–Crippen LogP) is 4.68. The molecule has 0 aliphatic carbocycles. The average Bonchev–Trinajstić information content (AvgIpc) is 2.74. The summed E-state index contributed by atoms with van der Waals surface area (Å²) in [6.45, 7) is 9.04. The highest BCUT2D eigenvalue weighted by Crippen LogP contribution is 2.15. The minimum absolute atomic E-state index is 0.0397. The largest absolute Gasteiger partial charge is 0.493 e. The molecule has 3 rings (SSSR count). The molecule has 1 amide bonds. The number of carbonyl (C=O) groups is 1. The third kappa shape index (κ3) is 7.21. The Hall–Kier alpha value is -2.33. The molecular formula is C25H34N2O2. The Kier molecular flexibility index (Phi) is 8.12. The summed E-state index contributed by atoms with van der Waals surface area (Å²) in [5, 5.41) is 3.01. The van der Waals surface area contributed by atoms with E-state index in [1.165, 1.54) is 43.5 Å². The lowest BCUT2D eigenvalue weighted by molar-refractivity contribution is 0.0954. The van der Waals surface area contributed by atoms with Crippen LogP contribution < -0.4 is 10.1 Å². The molecule has 156 valence electrons. The molecule has 1 aliphatic heterocycles. The maximum atomic E-state index is 12.3. The third-order valence-corrected chi connectivity index (χ3v) is 5.28. The molecule has 2 aromatic carbocycles. The lowest BCUT2D eigenvalue weighted by Gasteiger charge is -2.26. The summed E-state index contributed by atoms with van der Waals surface area (Å²) < 4.78 is 5.66. The second-order valence-corrected chi connectivity index (χ2v) is 8.39. The Labute approximate surface area is 175 Å². The van der Waals surface area contributed by atoms with Gasteiger partial charge in [0.15, 0.2) is 0 Å². The van der Waals surface area contributed by atoms with Gasteiger partial charge in [-0.25, -0.2) is 0 Å². The Morgan fingerprint density at radius 3 is 2.28 bits per heavy atom. The van der Waals surface area contributed by atoms with Gasteiger partial charge in [0.05, 0.1) is 6.61 Å². The number of hydrogen-bond donors (Lipinski definition) is 1. The molecule has 4 heteroatoms. The molecule has 0 unspecified atom stereocenters. The number of rotatable bonds is 9. The molecule has 0 bridgehead atoms. The fraction of sp³-hybridized carbons (Fsp3) is 0.480. The van der Waals surface area contributed by atoms with Crippen molar-refractivity contribution in [2.45, 2.75) is 46.1 Å². The van der Waals surface area contributed by atoms with E-state index in [0.29, 0.717) is 24.6 Å². The number of carbonyl (C=O) groups excluding carboxylic acids is 1. The van der Waals surface area contributed by atoms with Crippen molar-refractivity contribution in [1.82, 2.24) is 10.2 Å². The quantitative estimate of drug-likeness (QED) is 0.671. The Bertz CT molecular complexity index is 747. The van der Waals surface area contributed by atoms with Gasteiger partial charge in [-0.05, 0) is 73.7 Å². The lowest BCUT2D eigenvalue weighted by atomic mass is 10.1. The number of ether oxygens (including phenoxy) is 1. The molecular weight excluding hydrogens is 360 g/mol. The Morgan fingerprint density at radius 1 is 0.966 bits per heavy atom. The van der Waals surface area contributed by atoms with Gasteiger partial charge in [-0.2, -0.15) is 0 Å². The number of benzene rings is 2. The molecule has 29 heavy (non-hydrogen) atoms. The van der Waals surface area contributed by atoms with E-state index in [2.05, 4.69) is 48.3 Å². The molecule has 0 saturated carbocycles. The first-order chi connectivity index (χ1) is 14.1. The monoisotopic (exact) mass is 394 g/mol. The summed E-state index contributed by atoms with van der Waals surface area (Å²) in [6.07, 6.45) is 4.86. The van der Waals surface area contributed by atoms with Crippen LogP contribution in [-0.4, -0.2) is 37.0 Å². The number of amides is 1. The topological polar surface area (TPSA) is 41.6 Å². The smallest absolute Gasteiger partial charge is 0.251 e. The van der Waals surface area contributed by atoms with Crippen molar-refractivity contribution in [3.8, 4) is 5.75 Å². The molecule has 1 saturated heterocycles. The van der Waals surface area contributed by atoms with E-state index in [9.17, 15) is 4.79 Å². The van der Waals surface area contributed by atoms with Crippen molar-refractivity contribution < 1.29 is 9.53 Å². The van der Waals surface area contributed by atoms with Crippen LogP contribution in [-0.2, 0) is 13.0 Å². The molecule has 1 heterocycles. The van der Waals surface area contributed by atoms with Crippen LogP contribution in [0.5, 0.6) is 5.75 Å². The molecule has 1 N–H and O–H groups in total. The van der Waals surface area contributed by atoms with E-state index < -0.39 is 0 Å². The van der Waals surface area contributed by atoms with Crippen LogP contribution in [0.3, 0.4) is 0 Å². The summed E-state index contributed by atoms with van der Waals surface area (Å²) in [6, 6.07) is 16.2. The van der Waals surface area contributed by atoms with Gasteiger partial charge in [-0.15, -0.1) is 0 Å². The third-order valence-electron chi connectivity index (χ3n) is 5.28. The Balaban J connectivity index is 1.40. The van der Waals surface area contributed by atoms with Gasteiger partial charge in [0.2, 0.25) is 0 Å². The van der Waals surface area contributed by atoms with Crippen LogP contribution in [0.25, 0.3) is 0 Å². The number of likely N-dealkylation sites (tertiary alicyclic amines) is 1. The van der Waals surface area contributed by atoms with E-state index in [-0.39, 0.29) is 5.91 Å². The summed E-state index contributed by atoms with van der Waals surface area (Å²) >= 11 is 0. The van der Waals surface area contributed by atoms with Gasteiger partial charge < -0.3 is 10.1 Å². The van der Waals surface area contributed by atoms with Crippen molar-refractivity contribution in [3.63, 3.8) is 0 Å². The van der Waals surface area contributed by atoms with Crippen LogP contribution in [0.2, 0.25) is 0 Å². The minimum Gasteiger partial charge on any atom is -0.493 e. The second-order valence-electron chi connectivity index (χ2n) is 8.39. The zero-order valence-electron chi connectivity index (χ0n) is 17.8. The van der Waals surface area contributed by atoms with Crippen molar-refractivity contribution in [1.29, 1.82) is 0 Å². The first-order valence-corrected chi connectivity index (χ1v) is 10.9. The fourth-order valence-corrected chi connectivity index (χ4v) is 3.57. The van der Waals surface area contributed by atoms with Crippen LogP contribution in [0.4, 0.5) is 0 Å². The number of hydrogen-bond acceptors (Lipinski definition) is 3. The molecule has 0 atom stereocenters. The van der Waals surface area contributed by atoms with Gasteiger partial charge in [-0.3, -0.25) is 9.69 Å². The predicted molar refractivity (Wildman–Crippen MR) is 118 cm³/mol. The van der Waals surface area contributed by atoms with Crippen LogP contribution in [0.1, 0.15) is 54.6 Å². The summed E-state index contributed by atoms with van der Waals surface area (Å²) in [4.78, 5) is 14.9. The number of nitrogens with one attached hydrogen (secondary N) is 1. The van der Waals surface area contributed by atoms with Crippen molar-refractivity contribution in [3.05, 3.63) is 65.2 Å². The van der Waals surface area contributed by atoms with E-state index in [0.717, 1.165) is 18.7 Å². The summed E-state index contributed by atoms with van der Waals surface area (Å²) in [7, 11) is 0. The second kappa shape index (κ2) is 11.0. The van der Waals surface area contributed by atoms with Crippen molar-refractivity contribution >= 4 is 5.91 Å². The van der Waals surface area contributed by atoms with Gasteiger partial charge in [-0.1, -0.05) is 44.5 Å². The molecule has 0 spiro atoms. The first-order valence-electron chi connectivity index (χ1n) is 10.9. The highest BCUT2D eigenvalue weighted by Gasteiger charge is 2.10. The normalized spacial score (nSPS) is 14.7. The zero-order chi connectivity index (χ0) is 20.5. The molecule has 2 aromatic rings. The minimum atomic E-state index is -0.0397. The van der Waals surface area contributed by atoms with Gasteiger partial charge in [0.1, 0.15) is 5.75 Å². The fourth-order valence-electron chi connectivity index (χ4n) is 3.57. The van der Waals surface area contributed by atoms with E-state index >= 15 is 0 Å². The Morgan fingerprint density at radius 2 is 1.62 bits per heavy atom. The molecule has 0 radical (unpaired) electrons. The SMILES string of the molecule is CC(C)COc1ccc(C(=O)NCCc2ccc(CN3CCCCC3)cc2)cc1. The first kappa shape index (κ1) is 21.4. The van der Waals surface area contributed by atoms with Crippen LogP contribution in [0, 0.1) is 5.92 Å². The molecule has 1 aliphatic rings. The lowest BCUT2D eigenvalue weighted by Crippen LogP contribution is -2.29. The van der Waals surface area contributed by atoms with Gasteiger partial charge >= 0.3 is 0 Å². The number of piperidine rings is 1. The van der Waals surface area contributed by atoms with Crippen LogP contribution >= 0.6 is 0 Å². The summed E-state index contributed by atoms with van der Waals surface area (Å²) in [5.74, 6) is 1.25. The molecule has 4 nitrogen and oxygen atoms in total. The van der Waals surface area contributed by atoms with Gasteiger partial charge in [0.25, 0.3) is 5.91 Å². The van der Waals surface area contributed by atoms with Gasteiger partial charge in [0, 0.05) is 18.7 Å². The zero-order valence-corrected chi connectivity index (χ0v) is 17.8. The number of nitrogens with zero attached hydrogens (tertiary/aromatic N) is 1. The standard InChI is InChI=1S/C25H34N2O2/c1-20(2)19-29-24-12-10-23(11-13-24)25(28)26-15-14-21-6-8-22(9-7-21)18-27-16-4-3-5-17-27/h6-13,20H,3-5,14-19H2,1-2H3,(H,26,28).